The van der Waals surface area contributed by atoms with Crippen LogP contribution in [0.3, 0.4) is 0 Å². The number of unbranched alkanes of at least 4 members (excludes halogenated alkanes) is 36. The summed E-state index contributed by atoms with van der Waals surface area (Å²) in [5.41, 5.74) is 0. The van der Waals surface area contributed by atoms with Gasteiger partial charge in [0.2, 0.25) is 0 Å². The summed E-state index contributed by atoms with van der Waals surface area (Å²) in [6.45, 7) is 4.71. The Bertz CT molecular complexity index is 2350. The summed E-state index contributed by atoms with van der Waals surface area (Å²) >= 11 is 0. The summed E-state index contributed by atoms with van der Waals surface area (Å²) in [6, 6.07) is 0. The van der Waals surface area contributed by atoms with Gasteiger partial charge in [0.15, 0.2) is 12.2 Å². The van der Waals surface area contributed by atoms with Gasteiger partial charge in [0.05, 0.1) is 26.4 Å². The van der Waals surface area contributed by atoms with E-state index in [0.29, 0.717) is 32.1 Å². The van der Waals surface area contributed by atoms with Crippen LogP contribution in [-0.2, 0) is 65.4 Å². The fraction of sp³-hybridized carbons (Fsp3) is 0.765. The largest absolute Gasteiger partial charge is 0.472 e. The van der Waals surface area contributed by atoms with Gasteiger partial charge >= 0.3 is 39.5 Å². The normalized spacial score (nSPS) is 14.3. The minimum Gasteiger partial charge on any atom is -0.462 e. The maximum atomic E-state index is 13.1. The van der Waals surface area contributed by atoms with E-state index in [1.807, 2.05) is 18.2 Å². The molecule has 0 saturated carbocycles. The van der Waals surface area contributed by atoms with Gasteiger partial charge in [-0.25, -0.2) is 9.13 Å². The highest BCUT2D eigenvalue weighted by molar-refractivity contribution is 7.47. The average Bonchev–Trinajstić information content (AvgIpc) is 0.943. The summed E-state index contributed by atoms with van der Waals surface area (Å²) in [5.74, 6) is -2.26. The molecule has 0 heterocycles. The van der Waals surface area contributed by atoms with Crippen LogP contribution in [-0.4, -0.2) is 96.7 Å². The van der Waals surface area contributed by atoms with Crippen LogP contribution in [0, 0.1) is 0 Å². The van der Waals surface area contributed by atoms with Crippen molar-refractivity contribution in [3.8, 4) is 0 Å². The minimum absolute atomic E-state index is 0.0281. The Morgan fingerprint density at radius 1 is 0.279 bits per heavy atom. The Morgan fingerprint density at radius 2 is 0.519 bits per heavy atom. The fourth-order valence-electron chi connectivity index (χ4n) is 11.2. The molecule has 0 radical (unpaired) electrons. The molecule has 5 atom stereocenters. The first kappa shape index (κ1) is 100.0. The molecule has 0 aliphatic rings. The standard InChI is InChI=1S/C85H150O17P2/c1-5-9-13-17-21-25-29-33-37-38-39-40-44-48-52-56-60-64-68-72-85(90)102-81(76-96-83(88)70-66-62-58-54-50-46-42-35-31-27-23-19-15-11-7-3)78-100-104(93,94)98-74-79(86)73-97-103(91,92)99-77-80(101-84(89)71-67-63-59-55-51-47-43-36-32-28-24-20-16-12-8-4)75-95-82(87)69-65-61-57-53-49-45-41-34-30-26-22-18-14-10-6-2/h9,13,21,25-26,28,30,32-33,37,39-40,48,52,60,64,79-81,86H,5-8,10-12,14-20,22-24,27,29,31,34-36,38,41-47,49-51,53-59,61-63,65-78H2,1-4H3,(H,91,92)(H,93,94)/b13-9-,25-21-,30-26-,32-28-,37-33-,40-39-,52-48-,64-60-/t79-,80-,81-/m1/s1. The maximum Gasteiger partial charge on any atom is 0.472 e. The molecule has 0 bridgehead atoms. The first-order valence-corrected chi connectivity index (χ1v) is 44.5. The van der Waals surface area contributed by atoms with Crippen molar-refractivity contribution >= 4 is 39.5 Å². The molecule has 0 fully saturated rings. The van der Waals surface area contributed by atoms with Gasteiger partial charge in [-0.15, -0.1) is 0 Å². The van der Waals surface area contributed by atoms with Crippen LogP contribution >= 0.6 is 15.6 Å². The monoisotopic (exact) mass is 1510 g/mol. The number of allylic oxidation sites excluding steroid dienone is 16. The molecule has 0 rings (SSSR count). The molecule has 0 aromatic carbocycles. The first-order chi connectivity index (χ1) is 50.7. The Hall–Kier alpha value is -4.02. The van der Waals surface area contributed by atoms with E-state index < -0.39 is 97.5 Å². The second-order valence-corrected chi connectivity index (χ2v) is 30.6. The van der Waals surface area contributed by atoms with Crippen LogP contribution in [0.25, 0.3) is 0 Å². The molecule has 0 spiro atoms. The lowest BCUT2D eigenvalue weighted by molar-refractivity contribution is -0.161. The van der Waals surface area contributed by atoms with E-state index in [2.05, 4.69) is 107 Å². The van der Waals surface area contributed by atoms with E-state index in [4.69, 9.17) is 37.0 Å². The summed E-state index contributed by atoms with van der Waals surface area (Å²) in [5, 5.41) is 10.7. The highest BCUT2D eigenvalue weighted by Crippen LogP contribution is 2.45. The van der Waals surface area contributed by atoms with Crippen molar-refractivity contribution in [2.24, 2.45) is 0 Å². The Morgan fingerprint density at radius 3 is 0.837 bits per heavy atom. The maximum absolute atomic E-state index is 13.1. The van der Waals surface area contributed by atoms with Crippen molar-refractivity contribution in [2.45, 2.75) is 380 Å². The molecule has 0 amide bonds. The van der Waals surface area contributed by atoms with Crippen molar-refractivity contribution in [1.29, 1.82) is 0 Å². The van der Waals surface area contributed by atoms with E-state index in [1.54, 1.807) is 0 Å². The Kier molecular flexibility index (Phi) is 74.2. The van der Waals surface area contributed by atoms with E-state index in [0.717, 1.165) is 141 Å². The first-order valence-electron chi connectivity index (χ1n) is 41.5. The zero-order valence-corrected chi connectivity index (χ0v) is 67.7. The van der Waals surface area contributed by atoms with Gasteiger partial charge in [0.25, 0.3) is 0 Å². The molecular formula is C85H150O17P2. The molecule has 19 heteroatoms. The van der Waals surface area contributed by atoms with Crippen LogP contribution in [0.15, 0.2) is 97.2 Å². The van der Waals surface area contributed by atoms with Gasteiger partial charge in [-0.2, -0.15) is 0 Å². The van der Waals surface area contributed by atoms with Crippen molar-refractivity contribution in [3.05, 3.63) is 97.2 Å². The summed E-state index contributed by atoms with van der Waals surface area (Å²) < 4.78 is 68.6. The third-order valence-corrected chi connectivity index (χ3v) is 19.4. The van der Waals surface area contributed by atoms with E-state index in [-0.39, 0.29) is 25.7 Å². The van der Waals surface area contributed by atoms with Crippen LogP contribution in [0.1, 0.15) is 362 Å². The predicted octanol–water partition coefficient (Wildman–Crippen LogP) is 24.3. The minimum atomic E-state index is -5.00. The predicted molar refractivity (Wildman–Crippen MR) is 427 cm³/mol. The van der Waals surface area contributed by atoms with Crippen molar-refractivity contribution < 1.29 is 80.2 Å². The van der Waals surface area contributed by atoms with Crippen molar-refractivity contribution in [3.63, 3.8) is 0 Å². The number of carbonyl (C=O) groups excluding carboxylic acids is 4. The van der Waals surface area contributed by atoms with Gasteiger partial charge in [-0.3, -0.25) is 37.3 Å². The topological polar surface area (TPSA) is 237 Å². The Labute approximate surface area is 633 Å². The zero-order chi connectivity index (χ0) is 76.0. The average molecular weight is 1510 g/mol. The highest BCUT2D eigenvalue weighted by Gasteiger charge is 2.30. The number of phosphoric acid groups is 2. The number of ether oxygens (including phenoxy) is 4. The van der Waals surface area contributed by atoms with E-state index >= 15 is 0 Å². The molecule has 104 heavy (non-hydrogen) atoms. The van der Waals surface area contributed by atoms with Gasteiger partial charge in [0, 0.05) is 25.7 Å². The molecule has 0 aromatic heterocycles. The molecular weight excluding hydrogens is 1350 g/mol. The van der Waals surface area contributed by atoms with E-state index in [9.17, 15) is 43.2 Å². The molecule has 0 saturated heterocycles. The number of hydrogen-bond donors (Lipinski definition) is 3. The quantitative estimate of drug-likeness (QED) is 0.0169. The number of rotatable bonds is 78. The van der Waals surface area contributed by atoms with Crippen LogP contribution in [0.5, 0.6) is 0 Å². The number of aliphatic hydroxyl groups is 1. The molecule has 0 aliphatic heterocycles. The lowest BCUT2D eigenvalue weighted by atomic mass is 10.0. The molecule has 0 aliphatic carbocycles. The number of hydrogen-bond acceptors (Lipinski definition) is 15. The summed E-state index contributed by atoms with van der Waals surface area (Å²) in [6.07, 6.45) is 82.5. The molecule has 17 nitrogen and oxygen atoms in total. The van der Waals surface area contributed by atoms with Crippen LogP contribution in [0.2, 0.25) is 0 Å². The fourth-order valence-corrected chi connectivity index (χ4v) is 12.8. The van der Waals surface area contributed by atoms with Crippen LogP contribution in [0.4, 0.5) is 0 Å². The highest BCUT2D eigenvalue weighted by atomic mass is 31.2. The zero-order valence-electron chi connectivity index (χ0n) is 65.9. The lowest BCUT2D eigenvalue weighted by Gasteiger charge is -2.21. The van der Waals surface area contributed by atoms with Gasteiger partial charge in [-0.1, -0.05) is 318 Å². The summed E-state index contributed by atoms with van der Waals surface area (Å²) in [4.78, 5) is 73.1. The molecule has 602 valence electrons. The van der Waals surface area contributed by atoms with Gasteiger partial charge < -0.3 is 33.8 Å². The van der Waals surface area contributed by atoms with Crippen molar-refractivity contribution in [2.75, 3.05) is 39.6 Å². The van der Waals surface area contributed by atoms with Crippen LogP contribution < -0.4 is 0 Å². The number of phosphoric ester groups is 2. The number of aliphatic hydroxyl groups excluding tert-OH is 1. The molecule has 3 N–H and O–H groups in total. The van der Waals surface area contributed by atoms with E-state index in [1.165, 1.54) is 135 Å². The number of esters is 4. The smallest absolute Gasteiger partial charge is 0.462 e. The molecule has 0 aromatic rings. The van der Waals surface area contributed by atoms with Gasteiger partial charge in [-0.05, 0) is 116 Å². The second kappa shape index (κ2) is 77.1. The molecule has 2 unspecified atom stereocenters. The third-order valence-electron chi connectivity index (χ3n) is 17.5. The van der Waals surface area contributed by atoms with Gasteiger partial charge in [0.1, 0.15) is 19.3 Å². The number of carbonyl (C=O) groups is 4. The lowest BCUT2D eigenvalue weighted by Crippen LogP contribution is -2.30. The van der Waals surface area contributed by atoms with Crippen molar-refractivity contribution in [1.82, 2.24) is 0 Å². The summed E-state index contributed by atoms with van der Waals surface area (Å²) in [7, 11) is -9.98. The Balaban J connectivity index is 5.42. The second-order valence-electron chi connectivity index (χ2n) is 27.7. The third kappa shape index (κ3) is 76.2. The SMILES string of the molecule is CC/C=C\C/C=C\C/C=C\C/C=C\C/C=C\C/C=C\CCC(=O)O[C@H](COC(=O)CCCCCCCCCCCCCCCCC)COP(=O)(O)OC[C@H](O)COP(=O)(O)OC[C@@H](COC(=O)CCCCCCCCC/C=C\CCCCCC)OC(=O)CCCCCCCCC/C=C\CCCCCC.